The number of benzene rings is 1. The van der Waals surface area contributed by atoms with Gasteiger partial charge in [0.1, 0.15) is 0 Å². The van der Waals surface area contributed by atoms with E-state index < -0.39 is 0 Å². The van der Waals surface area contributed by atoms with Crippen molar-refractivity contribution < 1.29 is 0 Å². The molecule has 1 aliphatic heterocycles. The first-order valence-electron chi connectivity index (χ1n) is 10.2. The summed E-state index contributed by atoms with van der Waals surface area (Å²) in [6.45, 7) is 11.8. The number of nitrogens with zero attached hydrogens (tertiary/aromatic N) is 3. The van der Waals surface area contributed by atoms with Gasteiger partial charge in [-0.1, -0.05) is 18.2 Å². The third-order valence-electron chi connectivity index (χ3n) is 6.14. The minimum absolute atomic E-state index is 0.0382. The lowest BCUT2D eigenvalue weighted by Gasteiger charge is -2.27. The van der Waals surface area contributed by atoms with E-state index in [1.54, 1.807) is 0 Å². The summed E-state index contributed by atoms with van der Waals surface area (Å²) in [6.07, 6.45) is 1.85. The maximum absolute atomic E-state index is 5.69. The Morgan fingerprint density at radius 2 is 1.86 bits per heavy atom. The number of likely N-dealkylation sites (N-methyl/N-ethyl adjacent to an activating group) is 1. The molecule has 2 atom stereocenters. The Balaban J connectivity index is 1.86. The van der Waals surface area contributed by atoms with Gasteiger partial charge in [0.15, 0.2) is 5.11 Å². The van der Waals surface area contributed by atoms with E-state index in [1.807, 2.05) is 18.3 Å². The standard InChI is InChI=1S/C24H28N4S/c1-6-27-23(22(26-24(27)29)20-11-7-8-13-25-20)19-14-16(3)28(18(19)5)21-12-9-10-15(2)17(21)4/h7-14,22-23H,6H2,1-5H3,(H,26,29)/t22-,23+/m1/s1. The average Bonchev–Trinajstić information content (AvgIpc) is 3.20. The van der Waals surface area contributed by atoms with Crippen LogP contribution in [0.5, 0.6) is 0 Å². The summed E-state index contributed by atoms with van der Waals surface area (Å²) in [5.74, 6) is 0. The number of rotatable bonds is 4. The molecule has 0 aliphatic carbocycles. The van der Waals surface area contributed by atoms with Crippen molar-refractivity contribution in [1.29, 1.82) is 0 Å². The number of aromatic nitrogens is 2. The van der Waals surface area contributed by atoms with Crippen LogP contribution in [0.4, 0.5) is 0 Å². The molecule has 1 aliphatic rings. The fourth-order valence-electron chi connectivity index (χ4n) is 4.52. The summed E-state index contributed by atoms with van der Waals surface area (Å²) in [7, 11) is 0. The van der Waals surface area contributed by atoms with E-state index in [9.17, 15) is 0 Å². The summed E-state index contributed by atoms with van der Waals surface area (Å²) in [6, 6.07) is 15.1. The van der Waals surface area contributed by atoms with E-state index in [1.165, 1.54) is 33.8 Å². The first kappa shape index (κ1) is 19.6. The van der Waals surface area contributed by atoms with Gasteiger partial charge in [0.25, 0.3) is 0 Å². The van der Waals surface area contributed by atoms with Gasteiger partial charge in [-0.2, -0.15) is 0 Å². The molecule has 4 nitrogen and oxygen atoms in total. The van der Waals surface area contributed by atoms with Gasteiger partial charge in [-0.25, -0.2) is 0 Å². The summed E-state index contributed by atoms with van der Waals surface area (Å²) in [5.41, 5.74) is 8.68. The van der Waals surface area contributed by atoms with Crippen LogP contribution in [0, 0.1) is 27.7 Å². The Kier molecular flexibility index (Phi) is 5.17. The van der Waals surface area contributed by atoms with Gasteiger partial charge in [-0.3, -0.25) is 4.98 Å². The molecule has 29 heavy (non-hydrogen) atoms. The molecule has 0 saturated carbocycles. The first-order chi connectivity index (χ1) is 13.9. The molecule has 3 heterocycles. The molecular formula is C24H28N4S. The quantitative estimate of drug-likeness (QED) is 0.614. The number of hydrogen-bond acceptors (Lipinski definition) is 2. The molecule has 2 aromatic heterocycles. The molecule has 4 rings (SSSR count). The highest BCUT2D eigenvalue weighted by molar-refractivity contribution is 7.80. The van der Waals surface area contributed by atoms with Crippen LogP contribution in [0.1, 0.15) is 52.8 Å². The van der Waals surface area contributed by atoms with E-state index >= 15 is 0 Å². The number of hydrogen-bond donors (Lipinski definition) is 1. The summed E-state index contributed by atoms with van der Waals surface area (Å²) < 4.78 is 2.38. The Morgan fingerprint density at radius 3 is 2.55 bits per heavy atom. The van der Waals surface area contributed by atoms with Crippen LogP contribution in [0.2, 0.25) is 0 Å². The van der Waals surface area contributed by atoms with Gasteiger partial charge in [0.2, 0.25) is 0 Å². The predicted octanol–water partition coefficient (Wildman–Crippen LogP) is 5.10. The SMILES string of the molecule is CCN1C(=S)N[C@H](c2ccccn2)[C@@H]1c1cc(C)n(-c2cccc(C)c2C)c1C. The maximum atomic E-state index is 5.69. The zero-order chi connectivity index (χ0) is 20.7. The second-order valence-electron chi connectivity index (χ2n) is 7.79. The fraction of sp³-hybridized carbons (Fsp3) is 0.333. The fourth-order valence-corrected chi connectivity index (χ4v) is 4.89. The van der Waals surface area contributed by atoms with E-state index in [-0.39, 0.29) is 12.1 Å². The highest BCUT2D eigenvalue weighted by Gasteiger charge is 2.40. The van der Waals surface area contributed by atoms with Crippen molar-refractivity contribution >= 4 is 17.3 Å². The maximum Gasteiger partial charge on any atom is 0.170 e. The van der Waals surface area contributed by atoms with E-state index in [4.69, 9.17) is 12.2 Å². The monoisotopic (exact) mass is 404 g/mol. The molecule has 1 fully saturated rings. The van der Waals surface area contributed by atoms with Gasteiger partial charge in [0, 0.05) is 29.8 Å². The highest BCUT2D eigenvalue weighted by atomic mass is 32.1. The second-order valence-corrected chi connectivity index (χ2v) is 8.18. The largest absolute Gasteiger partial charge is 0.352 e. The molecule has 1 saturated heterocycles. The molecule has 0 radical (unpaired) electrons. The third kappa shape index (κ3) is 3.23. The number of aryl methyl sites for hydroxylation is 2. The van der Waals surface area contributed by atoms with Crippen molar-refractivity contribution in [2.45, 2.75) is 46.7 Å². The van der Waals surface area contributed by atoms with Crippen molar-refractivity contribution in [3.63, 3.8) is 0 Å². The minimum Gasteiger partial charge on any atom is -0.352 e. The van der Waals surface area contributed by atoms with Crippen LogP contribution in [-0.2, 0) is 0 Å². The lowest BCUT2D eigenvalue weighted by atomic mass is 9.97. The number of nitrogens with one attached hydrogen (secondary N) is 1. The molecule has 5 heteroatoms. The van der Waals surface area contributed by atoms with Crippen LogP contribution in [0.3, 0.4) is 0 Å². The predicted molar refractivity (Wildman–Crippen MR) is 123 cm³/mol. The molecule has 1 N–H and O–H groups in total. The Hall–Kier alpha value is -2.66. The molecule has 0 unspecified atom stereocenters. The van der Waals surface area contributed by atoms with E-state index in [0.29, 0.717) is 0 Å². The second kappa shape index (κ2) is 7.64. The van der Waals surface area contributed by atoms with E-state index in [2.05, 4.69) is 84.7 Å². The third-order valence-corrected chi connectivity index (χ3v) is 6.50. The van der Waals surface area contributed by atoms with Crippen LogP contribution >= 0.6 is 12.2 Å². The molecule has 150 valence electrons. The Labute approximate surface area is 178 Å². The minimum atomic E-state index is 0.0382. The Bertz CT molecular complexity index is 1050. The van der Waals surface area contributed by atoms with Crippen LogP contribution in [0.15, 0.2) is 48.7 Å². The molecule has 3 aromatic rings. The van der Waals surface area contributed by atoms with Gasteiger partial charge < -0.3 is 14.8 Å². The van der Waals surface area contributed by atoms with Crippen LogP contribution < -0.4 is 5.32 Å². The van der Waals surface area contributed by atoms with Gasteiger partial charge in [-0.15, -0.1) is 0 Å². The van der Waals surface area contributed by atoms with Gasteiger partial charge in [0.05, 0.1) is 17.8 Å². The molecule has 0 amide bonds. The Morgan fingerprint density at radius 1 is 1.07 bits per heavy atom. The zero-order valence-electron chi connectivity index (χ0n) is 17.7. The first-order valence-corrected chi connectivity index (χ1v) is 10.6. The molecule has 0 spiro atoms. The van der Waals surface area contributed by atoms with Gasteiger partial charge in [-0.05, 0) is 87.8 Å². The number of pyridine rings is 1. The molecular weight excluding hydrogens is 376 g/mol. The average molecular weight is 405 g/mol. The topological polar surface area (TPSA) is 33.1 Å². The molecule has 1 aromatic carbocycles. The lowest BCUT2D eigenvalue weighted by Crippen LogP contribution is -2.29. The smallest absolute Gasteiger partial charge is 0.170 e. The summed E-state index contributed by atoms with van der Waals surface area (Å²) >= 11 is 5.69. The zero-order valence-corrected chi connectivity index (χ0v) is 18.5. The normalized spacial score (nSPS) is 18.9. The molecule has 0 bridgehead atoms. The van der Waals surface area contributed by atoms with Crippen molar-refractivity contribution in [2.24, 2.45) is 0 Å². The van der Waals surface area contributed by atoms with Crippen LogP contribution in [-0.4, -0.2) is 26.1 Å². The number of thiocarbonyl (C=S) groups is 1. The summed E-state index contributed by atoms with van der Waals surface area (Å²) in [4.78, 5) is 6.91. The summed E-state index contributed by atoms with van der Waals surface area (Å²) in [5, 5.41) is 4.32. The lowest BCUT2D eigenvalue weighted by molar-refractivity contribution is 0.329. The van der Waals surface area contributed by atoms with Crippen molar-refractivity contribution in [1.82, 2.24) is 19.8 Å². The van der Waals surface area contributed by atoms with Crippen molar-refractivity contribution in [2.75, 3.05) is 6.54 Å². The van der Waals surface area contributed by atoms with Gasteiger partial charge >= 0.3 is 0 Å². The van der Waals surface area contributed by atoms with Crippen molar-refractivity contribution in [3.05, 3.63) is 82.4 Å². The van der Waals surface area contributed by atoms with E-state index in [0.717, 1.165) is 17.4 Å². The van der Waals surface area contributed by atoms with Crippen molar-refractivity contribution in [3.8, 4) is 5.69 Å². The van der Waals surface area contributed by atoms with Crippen LogP contribution in [0.25, 0.3) is 5.69 Å². The highest BCUT2D eigenvalue weighted by Crippen LogP contribution is 2.41.